The summed E-state index contributed by atoms with van der Waals surface area (Å²) < 4.78 is 4.98. The first kappa shape index (κ1) is 16.9. The number of benzene rings is 2. The second-order valence-corrected chi connectivity index (χ2v) is 4.92. The Balaban J connectivity index is 2.08. The first-order chi connectivity index (χ1) is 11.4. The lowest BCUT2D eigenvalue weighted by atomic mass is 10.1. The molecule has 0 saturated heterocycles. The van der Waals surface area contributed by atoms with Crippen LogP contribution in [0.3, 0.4) is 0 Å². The lowest BCUT2D eigenvalue weighted by Gasteiger charge is -2.07. The molecule has 0 aromatic heterocycles. The molecule has 1 amide bonds. The molecule has 0 unspecified atom stereocenters. The third-order valence-electron chi connectivity index (χ3n) is 3.14. The van der Waals surface area contributed by atoms with E-state index in [2.05, 4.69) is 5.32 Å². The van der Waals surface area contributed by atoms with Gasteiger partial charge in [-0.15, -0.1) is 0 Å². The molecular weight excluding hydrogens is 316 g/mol. The molecule has 2 aromatic carbocycles. The molecule has 24 heavy (non-hydrogen) atoms. The molecule has 0 aliphatic carbocycles. The zero-order chi connectivity index (χ0) is 17.7. The number of aliphatic carboxylic acids is 1. The van der Waals surface area contributed by atoms with E-state index in [0.29, 0.717) is 17.0 Å². The minimum atomic E-state index is -1.09. The van der Waals surface area contributed by atoms with Crippen LogP contribution in [0.25, 0.3) is 0 Å². The van der Waals surface area contributed by atoms with Crippen molar-refractivity contribution in [3.8, 4) is 5.75 Å². The standard InChI is InChI=1S/C16H14N2O6/c1-10-2-3-11(8-14(10)18(22)23)16(21)17-12-4-6-13(7-5-12)24-9-15(19)20/h2-8H,9H2,1H3,(H,17,21)(H,19,20). The number of rotatable bonds is 6. The SMILES string of the molecule is Cc1ccc(C(=O)Nc2ccc(OCC(=O)O)cc2)cc1[N+](=O)[O-]. The first-order valence-electron chi connectivity index (χ1n) is 6.88. The van der Waals surface area contributed by atoms with E-state index in [4.69, 9.17) is 9.84 Å². The molecule has 8 heteroatoms. The van der Waals surface area contributed by atoms with Crippen molar-refractivity contribution in [3.05, 3.63) is 63.7 Å². The lowest BCUT2D eigenvalue weighted by Crippen LogP contribution is -2.12. The van der Waals surface area contributed by atoms with Gasteiger partial charge in [-0.05, 0) is 37.3 Å². The molecule has 0 radical (unpaired) electrons. The molecule has 124 valence electrons. The lowest BCUT2D eigenvalue weighted by molar-refractivity contribution is -0.385. The number of nitrogens with zero attached hydrogens (tertiary/aromatic N) is 1. The van der Waals surface area contributed by atoms with Crippen LogP contribution in [0.4, 0.5) is 11.4 Å². The van der Waals surface area contributed by atoms with Gasteiger partial charge in [0, 0.05) is 22.9 Å². The fourth-order valence-electron chi connectivity index (χ4n) is 1.93. The summed E-state index contributed by atoms with van der Waals surface area (Å²) in [4.78, 5) is 32.9. The molecule has 0 heterocycles. The van der Waals surface area contributed by atoms with Gasteiger partial charge in [-0.25, -0.2) is 4.79 Å². The van der Waals surface area contributed by atoms with Crippen LogP contribution in [-0.4, -0.2) is 28.5 Å². The second-order valence-electron chi connectivity index (χ2n) is 4.92. The van der Waals surface area contributed by atoms with Crippen molar-refractivity contribution in [2.24, 2.45) is 0 Å². The Labute approximate surface area is 136 Å². The highest BCUT2D eigenvalue weighted by Crippen LogP contribution is 2.21. The fourth-order valence-corrected chi connectivity index (χ4v) is 1.93. The molecule has 0 fully saturated rings. The van der Waals surface area contributed by atoms with Crippen molar-refractivity contribution in [1.29, 1.82) is 0 Å². The van der Waals surface area contributed by atoms with E-state index in [1.165, 1.54) is 42.5 Å². The van der Waals surface area contributed by atoms with Gasteiger partial charge >= 0.3 is 5.97 Å². The van der Waals surface area contributed by atoms with Gasteiger partial charge in [0.25, 0.3) is 11.6 Å². The maximum absolute atomic E-state index is 12.2. The van der Waals surface area contributed by atoms with Crippen LogP contribution in [0.2, 0.25) is 0 Å². The predicted molar refractivity (Wildman–Crippen MR) is 85.4 cm³/mol. The minimum absolute atomic E-state index is 0.125. The molecule has 2 N–H and O–H groups in total. The number of nitro benzene ring substituents is 1. The Bertz CT molecular complexity index is 786. The second kappa shape index (κ2) is 7.23. The third-order valence-corrected chi connectivity index (χ3v) is 3.14. The van der Waals surface area contributed by atoms with Crippen molar-refractivity contribution < 1.29 is 24.4 Å². The van der Waals surface area contributed by atoms with Crippen LogP contribution in [0.5, 0.6) is 5.75 Å². The highest BCUT2D eigenvalue weighted by molar-refractivity contribution is 6.04. The third kappa shape index (κ3) is 4.29. The number of carbonyl (C=O) groups excluding carboxylic acids is 1. The van der Waals surface area contributed by atoms with Crippen LogP contribution in [0.15, 0.2) is 42.5 Å². The first-order valence-corrected chi connectivity index (χ1v) is 6.88. The number of carboxylic acids is 1. The van der Waals surface area contributed by atoms with Gasteiger partial charge in [0.05, 0.1) is 4.92 Å². The Morgan fingerprint density at radius 2 is 1.88 bits per heavy atom. The molecule has 0 atom stereocenters. The number of nitro groups is 1. The van der Waals surface area contributed by atoms with Crippen molar-refractivity contribution in [2.75, 3.05) is 11.9 Å². The number of carbonyl (C=O) groups is 2. The number of nitrogens with one attached hydrogen (secondary N) is 1. The van der Waals surface area contributed by atoms with Gasteiger partial charge in [-0.2, -0.15) is 0 Å². The van der Waals surface area contributed by atoms with E-state index in [1.54, 1.807) is 6.92 Å². The Kier molecular flexibility index (Phi) is 5.10. The van der Waals surface area contributed by atoms with Gasteiger partial charge in [-0.1, -0.05) is 6.07 Å². The zero-order valence-electron chi connectivity index (χ0n) is 12.7. The van der Waals surface area contributed by atoms with Gasteiger partial charge < -0.3 is 15.2 Å². The summed E-state index contributed by atoms with van der Waals surface area (Å²) in [7, 11) is 0. The number of ether oxygens (including phenoxy) is 1. The normalized spacial score (nSPS) is 10.0. The average Bonchev–Trinajstić information content (AvgIpc) is 2.54. The Morgan fingerprint density at radius 1 is 1.21 bits per heavy atom. The summed E-state index contributed by atoms with van der Waals surface area (Å²) in [6.45, 7) is 1.13. The van der Waals surface area contributed by atoms with Crippen LogP contribution in [0, 0.1) is 17.0 Å². The van der Waals surface area contributed by atoms with Crippen LogP contribution < -0.4 is 10.1 Å². The van der Waals surface area contributed by atoms with E-state index in [9.17, 15) is 19.7 Å². The summed E-state index contributed by atoms with van der Waals surface area (Å²) in [5.74, 6) is -1.23. The molecule has 0 spiro atoms. The predicted octanol–water partition coefficient (Wildman–Crippen LogP) is 2.62. The van der Waals surface area contributed by atoms with Crippen molar-refractivity contribution in [2.45, 2.75) is 6.92 Å². The maximum Gasteiger partial charge on any atom is 0.341 e. The van der Waals surface area contributed by atoms with Crippen molar-refractivity contribution in [3.63, 3.8) is 0 Å². The molecule has 8 nitrogen and oxygen atoms in total. The number of hydrogen-bond acceptors (Lipinski definition) is 5. The highest BCUT2D eigenvalue weighted by atomic mass is 16.6. The van der Waals surface area contributed by atoms with Crippen molar-refractivity contribution >= 4 is 23.3 Å². The smallest absolute Gasteiger partial charge is 0.341 e. The summed E-state index contributed by atoms with van der Waals surface area (Å²) >= 11 is 0. The van der Waals surface area contributed by atoms with Gasteiger partial charge in [-0.3, -0.25) is 14.9 Å². The number of anilines is 1. The van der Waals surface area contributed by atoms with Crippen LogP contribution in [-0.2, 0) is 4.79 Å². The molecule has 0 bridgehead atoms. The van der Waals surface area contributed by atoms with E-state index in [-0.39, 0.29) is 11.3 Å². The Morgan fingerprint density at radius 3 is 2.46 bits per heavy atom. The van der Waals surface area contributed by atoms with E-state index >= 15 is 0 Å². The van der Waals surface area contributed by atoms with Gasteiger partial charge in [0.15, 0.2) is 6.61 Å². The highest BCUT2D eigenvalue weighted by Gasteiger charge is 2.15. The van der Waals surface area contributed by atoms with Gasteiger partial charge in [0.1, 0.15) is 5.75 Å². The number of hydrogen-bond donors (Lipinski definition) is 2. The Hall–Kier alpha value is -3.42. The summed E-state index contributed by atoms with van der Waals surface area (Å²) in [5, 5.41) is 22.0. The quantitative estimate of drug-likeness (QED) is 0.621. The monoisotopic (exact) mass is 330 g/mol. The molecular formula is C16H14N2O6. The molecule has 2 aromatic rings. The summed E-state index contributed by atoms with van der Waals surface area (Å²) in [5.41, 5.74) is 0.959. The topological polar surface area (TPSA) is 119 Å². The molecule has 0 saturated carbocycles. The molecule has 0 aliphatic rings. The van der Waals surface area contributed by atoms with E-state index in [1.807, 2.05) is 0 Å². The molecule has 0 aliphatic heterocycles. The number of aryl methyl sites for hydroxylation is 1. The average molecular weight is 330 g/mol. The summed E-state index contributed by atoms with van der Waals surface area (Å²) in [6, 6.07) is 10.3. The van der Waals surface area contributed by atoms with Crippen LogP contribution in [0.1, 0.15) is 15.9 Å². The van der Waals surface area contributed by atoms with Crippen LogP contribution >= 0.6 is 0 Å². The minimum Gasteiger partial charge on any atom is -0.482 e. The summed E-state index contributed by atoms with van der Waals surface area (Å²) in [6.07, 6.45) is 0. The molecule has 2 rings (SSSR count). The van der Waals surface area contributed by atoms with Crippen molar-refractivity contribution in [1.82, 2.24) is 0 Å². The fraction of sp³-hybridized carbons (Fsp3) is 0.125. The van der Waals surface area contributed by atoms with E-state index in [0.717, 1.165) is 0 Å². The zero-order valence-corrected chi connectivity index (χ0v) is 12.7. The van der Waals surface area contributed by atoms with Gasteiger partial charge in [0.2, 0.25) is 0 Å². The number of carboxylic acid groups (broad SMARTS) is 1. The largest absolute Gasteiger partial charge is 0.482 e. The van der Waals surface area contributed by atoms with E-state index < -0.39 is 23.4 Å². The number of amides is 1. The maximum atomic E-state index is 12.2.